The van der Waals surface area contributed by atoms with Gasteiger partial charge in [-0.05, 0) is 32.4 Å². The Morgan fingerprint density at radius 3 is 2.87 bits per heavy atom. The average molecular weight is 207 g/mol. The van der Waals surface area contributed by atoms with Crippen LogP contribution < -0.4 is 5.32 Å². The van der Waals surface area contributed by atoms with Gasteiger partial charge in [-0.1, -0.05) is 29.8 Å². The molecule has 0 aromatic heterocycles. The Hall–Kier alpha value is -1.35. The van der Waals surface area contributed by atoms with Gasteiger partial charge in [-0.3, -0.25) is 4.79 Å². The lowest BCUT2D eigenvalue weighted by molar-refractivity contribution is -0.138. The number of aliphatic carboxylic acids is 1. The molecule has 1 unspecified atom stereocenters. The number of rotatable bonds is 5. The van der Waals surface area contributed by atoms with Gasteiger partial charge in [0.1, 0.15) is 6.04 Å². The highest BCUT2D eigenvalue weighted by Gasteiger charge is 2.08. The standard InChI is InChI=1S/C12H17NO2/c1-9-4-3-5-11(8-9)6-7-13-10(2)12(14)15/h3-5,8,10,13H,6-7H2,1-2H3,(H,14,15). The van der Waals surface area contributed by atoms with Gasteiger partial charge in [0.15, 0.2) is 0 Å². The van der Waals surface area contributed by atoms with E-state index in [2.05, 4.69) is 30.4 Å². The maximum atomic E-state index is 10.5. The molecular formula is C12H17NO2. The Balaban J connectivity index is 2.35. The van der Waals surface area contributed by atoms with Crippen molar-refractivity contribution in [3.05, 3.63) is 35.4 Å². The van der Waals surface area contributed by atoms with Crippen molar-refractivity contribution < 1.29 is 9.90 Å². The molecule has 3 heteroatoms. The molecule has 0 saturated carbocycles. The number of nitrogens with one attached hydrogen (secondary N) is 1. The SMILES string of the molecule is Cc1cccc(CCNC(C)C(=O)O)c1. The first-order chi connectivity index (χ1) is 7.09. The second-order valence-corrected chi connectivity index (χ2v) is 3.75. The Morgan fingerprint density at radius 2 is 2.27 bits per heavy atom. The van der Waals surface area contributed by atoms with Crippen LogP contribution in [0.3, 0.4) is 0 Å². The van der Waals surface area contributed by atoms with E-state index >= 15 is 0 Å². The fraction of sp³-hybridized carbons (Fsp3) is 0.417. The van der Waals surface area contributed by atoms with E-state index in [4.69, 9.17) is 5.11 Å². The van der Waals surface area contributed by atoms with Crippen LogP contribution in [0.1, 0.15) is 18.1 Å². The summed E-state index contributed by atoms with van der Waals surface area (Å²) in [6.07, 6.45) is 0.860. The van der Waals surface area contributed by atoms with Gasteiger partial charge in [-0.25, -0.2) is 0 Å². The quantitative estimate of drug-likeness (QED) is 0.771. The van der Waals surface area contributed by atoms with E-state index in [1.165, 1.54) is 11.1 Å². The maximum Gasteiger partial charge on any atom is 0.320 e. The molecule has 0 spiro atoms. The molecule has 0 aliphatic carbocycles. The normalized spacial score (nSPS) is 12.4. The second kappa shape index (κ2) is 5.51. The Labute approximate surface area is 90.1 Å². The summed E-state index contributed by atoms with van der Waals surface area (Å²) < 4.78 is 0. The Kier molecular flexibility index (Phi) is 4.31. The van der Waals surface area contributed by atoms with Crippen molar-refractivity contribution in [1.82, 2.24) is 5.32 Å². The van der Waals surface area contributed by atoms with Crippen LogP contribution in [0.4, 0.5) is 0 Å². The molecule has 1 aromatic rings. The lowest BCUT2D eigenvalue weighted by Crippen LogP contribution is -2.34. The molecule has 1 atom stereocenters. The summed E-state index contributed by atoms with van der Waals surface area (Å²) in [6.45, 7) is 4.40. The minimum Gasteiger partial charge on any atom is -0.480 e. The molecule has 1 aromatic carbocycles. The van der Waals surface area contributed by atoms with Crippen LogP contribution in [-0.4, -0.2) is 23.7 Å². The summed E-state index contributed by atoms with van der Waals surface area (Å²) in [5.74, 6) is -0.806. The Morgan fingerprint density at radius 1 is 1.53 bits per heavy atom. The molecule has 3 nitrogen and oxygen atoms in total. The number of carboxylic acid groups (broad SMARTS) is 1. The van der Waals surface area contributed by atoms with Gasteiger partial charge in [0.25, 0.3) is 0 Å². The molecule has 0 bridgehead atoms. The van der Waals surface area contributed by atoms with Crippen molar-refractivity contribution in [2.24, 2.45) is 0 Å². The summed E-state index contributed by atoms with van der Waals surface area (Å²) in [6, 6.07) is 7.77. The minimum atomic E-state index is -0.806. The molecule has 0 aliphatic rings. The lowest BCUT2D eigenvalue weighted by atomic mass is 10.1. The van der Waals surface area contributed by atoms with Gasteiger partial charge in [0, 0.05) is 0 Å². The molecule has 15 heavy (non-hydrogen) atoms. The minimum absolute atomic E-state index is 0.477. The van der Waals surface area contributed by atoms with Gasteiger partial charge in [0.2, 0.25) is 0 Å². The van der Waals surface area contributed by atoms with Crippen molar-refractivity contribution in [1.29, 1.82) is 0 Å². The fourth-order valence-electron chi connectivity index (χ4n) is 1.39. The summed E-state index contributed by atoms with van der Waals surface area (Å²) in [4.78, 5) is 10.5. The van der Waals surface area contributed by atoms with Crippen molar-refractivity contribution in [2.75, 3.05) is 6.54 Å². The highest BCUT2D eigenvalue weighted by Crippen LogP contribution is 2.03. The number of carboxylic acids is 1. The van der Waals surface area contributed by atoms with E-state index in [1.807, 2.05) is 6.07 Å². The molecule has 0 amide bonds. The third kappa shape index (κ3) is 4.13. The van der Waals surface area contributed by atoms with Gasteiger partial charge < -0.3 is 10.4 Å². The molecule has 0 aliphatic heterocycles. The molecule has 2 N–H and O–H groups in total. The highest BCUT2D eigenvalue weighted by molar-refractivity contribution is 5.72. The number of aryl methyl sites for hydroxylation is 1. The highest BCUT2D eigenvalue weighted by atomic mass is 16.4. The molecule has 0 heterocycles. The first-order valence-corrected chi connectivity index (χ1v) is 5.11. The monoisotopic (exact) mass is 207 g/mol. The third-order valence-corrected chi connectivity index (χ3v) is 2.32. The molecule has 0 radical (unpaired) electrons. The van der Waals surface area contributed by atoms with Crippen LogP contribution in [-0.2, 0) is 11.2 Å². The van der Waals surface area contributed by atoms with Gasteiger partial charge >= 0.3 is 5.97 Å². The zero-order chi connectivity index (χ0) is 11.3. The molecule has 82 valence electrons. The van der Waals surface area contributed by atoms with Crippen LogP contribution in [0.5, 0.6) is 0 Å². The maximum absolute atomic E-state index is 10.5. The van der Waals surface area contributed by atoms with E-state index in [-0.39, 0.29) is 0 Å². The first kappa shape index (κ1) is 11.7. The number of benzene rings is 1. The zero-order valence-electron chi connectivity index (χ0n) is 9.16. The fourth-order valence-corrected chi connectivity index (χ4v) is 1.39. The van der Waals surface area contributed by atoms with Gasteiger partial charge in [-0.15, -0.1) is 0 Å². The van der Waals surface area contributed by atoms with Crippen molar-refractivity contribution in [3.63, 3.8) is 0 Å². The smallest absolute Gasteiger partial charge is 0.320 e. The summed E-state index contributed by atoms with van der Waals surface area (Å²) in [7, 11) is 0. The molecular weight excluding hydrogens is 190 g/mol. The summed E-state index contributed by atoms with van der Waals surface area (Å²) >= 11 is 0. The van der Waals surface area contributed by atoms with E-state index in [1.54, 1.807) is 6.92 Å². The van der Waals surface area contributed by atoms with Crippen LogP contribution in [0.2, 0.25) is 0 Å². The van der Waals surface area contributed by atoms with Crippen LogP contribution in [0.15, 0.2) is 24.3 Å². The van der Waals surface area contributed by atoms with E-state index < -0.39 is 12.0 Å². The molecule has 0 fully saturated rings. The van der Waals surface area contributed by atoms with Crippen LogP contribution >= 0.6 is 0 Å². The topological polar surface area (TPSA) is 49.3 Å². The Bertz CT molecular complexity index is 336. The van der Waals surface area contributed by atoms with E-state index in [0.717, 1.165) is 6.42 Å². The predicted molar refractivity (Wildman–Crippen MR) is 60.0 cm³/mol. The van der Waals surface area contributed by atoms with Crippen molar-refractivity contribution >= 4 is 5.97 Å². The predicted octanol–water partition coefficient (Wildman–Crippen LogP) is 1.60. The largest absolute Gasteiger partial charge is 0.480 e. The zero-order valence-corrected chi connectivity index (χ0v) is 9.16. The number of carbonyl (C=O) groups is 1. The molecule has 1 rings (SSSR count). The van der Waals surface area contributed by atoms with Crippen molar-refractivity contribution in [2.45, 2.75) is 26.3 Å². The summed E-state index contributed by atoms with van der Waals surface area (Å²) in [5, 5.41) is 11.6. The van der Waals surface area contributed by atoms with Crippen LogP contribution in [0.25, 0.3) is 0 Å². The third-order valence-electron chi connectivity index (χ3n) is 2.32. The van der Waals surface area contributed by atoms with E-state index in [9.17, 15) is 4.79 Å². The van der Waals surface area contributed by atoms with Gasteiger partial charge in [-0.2, -0.15) is 0 Å². The van der Waals surface area contributed by atoms with Crippen molar-refractivity contribution in [3.8, 4) is 0 Å². The van der Waals surface area contributed by atoms with Gasteiger partial charge in [0.05, 0.1) is 0 Å². The summed E-state index contributed by atoms with van der Waals surface area (Å²) in [5.41, 5.74) is 2.47. The first-order valence-electron chi connectivity index (χ1n) is 5.11. The molecule has 0 saturated heterocycles. The van der Waals surface area contributed by atoms with E-state index in [0.29, 0.717) is 6.54 Å². The van der Waals surface area contributed by atoms with Crippen LogP contribution in [0, 0.1) is 6.92 Å². The average Bonchev–Trinajstić information content (AvgIpc) is 2.17. The number of hydrogen-bond acceptors (Lipinski definition) is 2. The second-order valence-electron chi connectivity index (χ2n) is 3.75. The number of hydrogen-bond donors (Lipinski definition) is 2. The lowest BCUT2D eigenvalue weighted by Gasteiger charge is -2.08.